The first-order valence-corrected chi connectivity index (χ1v) is 9.28. The second-order valence-corrected chi connectivity index (χ2v) is 7.10. The number of halogens is 3. The number of rotatable bonds is 4. The lowest BCUT2D eigenvalue weighted by molar-refractivity contribution is -0.138. The van der Waals surface area contributed by atoms with Gasteiger partial charge in [0.25, 0.3) is 5.91 Å². The first kappa shape index (κ1) is 21.5. The molecule has 3 rings (SSSR count). The zero-order valence-corrected chi connectivity index (χ0v) is 16.8. The molecule has 1 amide bonds. The number of aromatic nitrogens is 1. The Bertz CT molecular complexity index is 1110. The molecular formula is C23H21F3N2O2. The Morgan fingerprint density at radius 3 is 2.40 bits per heavy atom. The molecule has 1 heterocycles. The molecule has 0 radical (unpaired) electrons. The number of carbonyl (C=O) groups is 1. The number of hydrogen-bond donors (Lipinski definition) is 2. The number of pyridine rings is 1. The second-order valence-electron chi connectivity index (χ2n) is 7.10. The molecule has 0 aliphatic heterocycles. The van der Waals surface area contributed by atoms with E-state index >= 15 is 0 Å². The summed E-state index contributed by atoms with van der Waals surface area (Å²) in [6, 6.07) is 12.4. The Hall–Kier alpha value is -3.19. The minimum Gasteiger partial charge on any atom is -0.392 e. The smallest absolute Gasteiger partial charge is 0.392 e. The molecule has 0 bridgehead atoms. The maximum atomic E-state index is 13.6. The van der Waals surface area contributed by atoms with Gasteiger partial charge in [-0.3, -0.25) is 4.79 Å². The molecule has 2 N–H and O–H groups in total. The van der Waals surface area contributed by atoms with Crippen LogP contribution in [-0.2, 0) is 12.8 Å². The summed E-state index contributed by atoms with van der Waals surface area (Å²) in [5, 5.41) is 11.9. The lowest BCUT2D eigenvalue weighted by Gasteiger charge is -2.17. The highest BCUT2D eigenvalue weighted by molar-refractivity contribution is 6.05. The van der Waals surface area contributed by atoms with Crippen molar-refractivity contribution in [1.82, 2.24) is 4.98 Å². The number of amides is 1. The average Bonchev–Trinajstić information content (AvgIpc) is 2.72. The molecule has 7 heteroatoms. The summed E-state index contributed by atoms with van der Waals surface area (Å²) in [7, 11) is 0. The maximum Gasteiger partial charge on any atom is 0.418 e. The number of anilines is 1. The van der Waals surface area contributed by atoms with Gasteiger partial charge in [0.15, 0.2) is 0 Å². The van der Waals surface area contributed by atoms with Crippen molar-refractivity contribution < 1.29 is 23.1 Å². The van der Waals surface area contributed by atoms with Crippen LogP contribution in [0.25, 0.3) is 11.3 Å². The van der Waals surface area contributed by atoms with Crippen molar-refractivity contribution in [3.63, 3.8) is 0 Å². The quantitative estimate of drug-likeness (QED) is 0.598. The fourth-order valence-corrected chi connectivity index (χ4v) is 3.17. The predicted octanol–water partition coefficient (Wildman–Crippen LogP) is 5.44. The molecule has 30 heavy (non-hydrogen) atoms. The molecule has 1 aromatic heterocycles. The van der Waals surface area contributed by atoms with Crippen LogP contribution in [0.4, 0.5) is 18.9 Å². The molecular weight excluding hydrogens is 393 g/mol. The van der Waals surface area contributed by atoms with Crippen LogP contribution < -0.4 is 5.32 Å². The van der Waals surface area contributed by atoms with Gasteiger partial charge in [-0.2, -0.15) is 13.2 Å². The van der Waals surface area contributed by atoms with Crippen molar-refractivity contribution in [2.45, 2.75) is 33.6 Å². The van der Waals surface area contributed by atoms with Gasteiger partial charge in [-0.1, -0.05) is 30.3 Å². The van der Waals surface area contributed by atoms with E-state index in [1.807, 2.05) is 13.0 Å². The Morgan fingerprint density at radius 1 is 1.03 bits per heavy atom. The van der Waals surface area contributed by atoms with Crippen molar-refractivity contribution in [3.05, 3.63) is 82.0 Å². The van der Waals surface area contributed by atoms with E-state index in [1.165, 1.54) is 6.07 Å². The Balaban J connectivity index is 2.09. The van der Waals surface area contributed by atoms with Gasteiger partial charge < -0.3 is 10.4 Å². The van der Waals surface area contributed by atoms with Gasteiger partial charge in [-0.25, -0.2) is 4.98 Å². The van der Waals surface area contributed by atoms with Crippen LogP contribution in [0.2, 0.25) is 0 Å². The molecule has 0 fully saturated rings. The van der Waals surface area contributed by atoms with Crippen molar-refractivity contribution in [3.8, 4) is 11.3 Å². The third kappa shape index (κ3) is 4.36. The monoisotopic (exact) mass is 414 g/mol. The second kappa shape index (κ2) is 8.28. The van der Waals surface area contributed by atoms with Crippen LogP contribution >= 0.6 is 0 Å². The van der Waals surface area contributed by atoms with Gasteiger partial charge in [-0.05, 0) is 61.2 Å². The van der Waals surface area contributed by atoms with Crippen LogP contribution in [0.15, 0.2) is 48.5 Å². The molecule has 156 valence electrons. The van der Waals surface area contributed by atoms with Crippen molar-refractivity contribution in [2.24, 2.45) is 0 Å². The molecule has 0 atom stereocenters. The summed E-state index contributed by atoms with van der Waals surface area (Å²) in [5.41, 5.74) is 2.41. The molecule has 0 saturated carbocycles. The highest BCUT2D eigenvalue weighted by Crippen LogP contribution is 2.34. The predicted molar refractivity (Wildman–Crippen MR) is 109 cm³/mol. The number of alkyl halides is 3. The SMILES string of the molecule is Cc1ccc(C)c(NC(=O)c2nc(-c3cccc(CO)c3)ccc2C(F)(F)F)c1C. The number of benzene rings is 2. The number of aliphatic hydroxyl groups excluding tert-OH is 1. The van der Waals surface area contributed by atoms with Crippen LogP contribution in [0.1, 0.15) is 38.3 Å². The molecule has 0 spiro atoms. The van der Waals surface area contributed by atoms with Gasteiger partial charge in [-0.15, -0.1) is 0 Å². The van der Waals surface area contributed by atoms with Gasteiger partial charge in [0.2, 0.25) is 0 Å². The fourth-order valence-electron chi connectivity index (χ4n) is 3.17. The minimum absolute atomic E-state index is 0.209. The summed E-state index contributed by atoms with van der Waals surface area (Å²) in [4.78, 5) is 16.9. The number of nitrogens with one attached hydrogen (secondary N) is 1. The first-order valence-electron chi connectivity index (χ1n) is 9.28. The van der Waals surface area contributed by atoms with E-state index < -0.39 is 23.3 Å². The number of aryl methyl sites for hydroxylation is 2. The molecule has 0 unspecified atom stereocenters. The van der Waals surface area contributed by atoms with E-state index in [0.717, 1.165) is 22.8 Å². The van der Waals surface area contributed by atoms with E-state index in [0.29, 0.717) is 16.8 Å². The van der Waals surface area contributed by atoms with Crippen molar-refractivity contribution in [2.75, 3.05) is 5.32 Å². The van der Waals surface area contributed by atoms with Crippen molar-refractivity contribution in [1.29, 1.82) is 0 Å². The van der Waals surface area contributed by atoms with E-state index in [4.69, 9.17) is 0 Å². The number of hydrogen-bond acceptors (Lipinski definition) is 3. The van der Waals surface area contributed by atoms with Crippen LogP contribution in [0, 0.1) is 20.8 Å². The van der Waals surface area contributed by atoms with Gasteiger partial charge >= 0.3 is 6.18 Å². The zero-order valence-electron chi connectivity index (χ0n) is 16.8. The summed E-state index contributed by atoms with van der Waals surface area (Å²) in [6.45, 7) is 5.22. The third-order valence-electron chi connectivity index (χ3n) is 5.00. The number of aliphatic hydroxyl groups is 1. The zero-order chi connectivity index (χ0) is 22.1. The van der Waals surface area contributed by atoms with Gasteiger partial charge in [0.05, 0.1) is 17.9 Å². The molecule has 4 nitrogen and oxygen atoms in total. The molecule has 0 aliphatic rings. The largest absolute Gasteiger partial charge is 0.418 e. The average molecular weight is 414 g/mol. The normalized spacial score (nSPS) is 11.4. The van der Waals surface area contributed by atoms with E-state index in [9.17, 15) is 23.1 Å². The summed E-state index contributed by atoms with van der Waals surface area (Å²) in [5.74, 6) is -0.931. The molecule has 2 aromatic carbocycles. The standard InChI is InChI=1S/C23H21F3N2O2/c1-13-7-8-14(2)20(15(13)3)28-22(30)21-18(23(24,25)26)9-10-19(27-21)17-6-4-5-16(11-17)12-29/h4-11,29H,12H2,1-3H3,(H,28,30). The molecule has 0 saturated heterocycles. The lowest BCUT2D eigenvalue weighted by atomic mass is 10.0. The topological polar surface area (TPSA) is 62.2 Å². The highest BCUT2D eigenvalue weighted by Gasteiger charge is 2.36. The van der Waals surface area contributed by atoms with E-state index in [1.54, 1.807) is 44.2 Å². The Morgan fingerprint density at radius 2 is 1.73 bits per heavy atom. The Kier molecular flexibility index (Phi) is 5.94. The Labute approximate surface area is 172 Å². The lowest BCUT2D eigenvalue weighted by Crippen LogP contribution is -2.21. The summed E-state index contributed by atoms with van der Waals surface area (Å²) in [6.07, 6.45) is -4.73. The maximum absolute atomic E-state index is 13.6. The number of carbonyl (C=O) groups excluding carboxylic acids is 1. The minimum atomic E-state index is -4.73. The van der Waals surface area contributed by atoms with Crippen LogP contribution in [0.5, 0.6) is 0 Å². The van der Waals surface area contributed by atoms with Gasteiger partial charge in [0, 0.05) is 11.3 Å². The number of nitrogens with zero attached hydrogens (tertiary/aromatic N) is 1. The summed E-state index contributed by atoms with van der Waals surface area (Å²) >= 11 is 0. The first-order chi connectivity index (χ1) is 14.1. The van der Waals surface area contributed by atoms with E-state index in [-0.39, 0.29) is 12.3 Å². The fraction of sp³-hybridized carbons (Fsp3) is 0.217. The van der Waals surface area contributed by atoms with Crippen LogP contribution in [-0.4, -0.2) is 16.0 Å². The third-order valence-corrected chi connectivity index (χ3v) is 5.00. The van der Waals surface area contributed by atoms with Crippen molar-refractivity contribution >= 4 is 11.6 Å². The van der Waals surface area contributed by atoms with E-state index in [2.05, 4.69) is 10.3 Å². The summed E-state index contributed by atoms with van der Waals surface area (Å²) < 4.78 is 40.7. The van der Waals surface area contributed by atoms with Crippen LogP contribution in [0.3, 0.4) is 0 Å². The molecule has 3 aromatic rings. The highest BCUT2D eigenvalue weighted by atomic mass is 19.4. The molecule has 0 aliphatic carbocycles. The van der Waals surface area contributed by atoms with Gasteiger partial charge in [0.1, 0.15) is 5.69 Å².